The Labute approximate surface area is 108 Å². The lowest BCUT2D eigenvalue weighted by molar-refractivity contribution is 0.0732. The Kier molecular flexibility index (Phi) is 4.78. The van der Waals surface area contributed by atoms with Gasteiger partial charge in [0.15, 0.2) is 0 Å². The number of morpholine rings is 1. The minimum absolute atomic E-state index is 0.0131. The molecule has 0 aliphatic carbocycles. The molecule has 0 bridgehead atoms. The van der Waals surface area contributed by atoms with Gasteiger partial charge in [-0.1, -0.05) is 6.92 Å². The Balaban J connectivity index is 1.84. The normalized spacial score (nSPS) is 19.7. The lowest BCUT2D eigenvalue weighted by Crippen LogP contribution is -2.48. The number of carbonyl (C=O) groups excluding carboxylic acids is 1. The zero-order valence-electron chi connectivity index (χ0n) is 10.8. The van der Waals surface area contributed by atoms with Crippen LogP contribution in [0.1, 0.15) is 23.8 Å². The van der Waals surface area contributed by atoms with Gasteiger partial charge in [-0.25, -0.2) is 0 Å². The van der Waals surface area contributed by atoms with Crippen LogP contribution in [0.2, 0.25) is 0 Å². The first-order valence-electron chi connectivity index (χ1n) is 6.55. The van der Waals surface area contributed by atoms with Crippen molar-refractivity contribution in [3.8, 4) is 0 Å². The first-order valence-corrected chi connectivity index (χ1v) is 6.55. The minimum atomic E-state index is -0.0131. The molecule has 0 radical (unpaired) electrons. The number of nitrogens with zero attached hydrogens (tertiary/aromatic N) is 1. The summed E-state index contributed by atoms with van der Waals surface area (Å²) in [7, 11) is 0. The first kappa shape index (κ1) is 13.1. The van der Waals surface area contributed by atoms with E-state index in [1.807, 2.05) is 22.9 Å². The van der Waals surface area contributed by atoms with Gasteiger partial charge in [-0.05, 0) is 18.6 Å². The van der Waals surface area contributed by atoms with E-state index in [0.717, 1.165) is 31.8 Å². The number of aromatic nitrogens is 1. The smallest absolute Gasteiger partial charge is 0.267 e. The Hall–Kier alpha value is -1.33. The molecule has 5 heteroatoms. The molecule has 1 aliphatic heterocycles. The van der Waals surface area contributed by atoms with Crippen LogP contribution < -0.4 is 10.6 Å². The van der Waals surface area contributed by atoms with E-state index in [2.05, 4.69) is 17.6 Å². The Bertz CT molecular complexity index is 383. The number of aryl methyl sites for hydroxylation is 1. The zero-order valence-corrected chi connectivity index (χ0v) is 10.8. The second-order valence-corrected chi connectivity index (χ2v) is 4.52. The molecule has 2 heterocycles. The minimum Gasteiger partial charge on any atom is -0.378 e. The van der Waals surface area contributed by atoms with Gasteiger partial charge in [0.25, 0.3) is 5.91 Å². The Morgan fingerprint density at radius 3 is 3.28 bits per heavy atom. The number of amides is 1. The van der Waals surface area contributed by atoms with Crippen LogP contribution in [0, 0.1) is 0 Å². The molecule has 1 amide bonds. The van der Waals surface area contributed by atoms with Gasteiger partial charge in [0, 0.05) is 31.9 Å². The molecule has 2 rings (SSSR count). The quantitative estimate of drug-likeness (QED) is 0.806. The van der Waals surface area contributed by atoms with Gasteiger partial charge in [0.05, 0.1) is 13.2 Å². The zero-order chi connectivity index (χ0) is 12.8. The number of carbonyl (C=O) groups is 1. The van der Waals surface area contributed by atoms with Crippen LogP contribution in [0.15, 0.2) is 18.3 Å². The van der Waals surface area contributed by atoms with Crippen molar-refractivity contribution in [1.82, 2.24) is 15.2 Å². The van der Waals surface area contributed by atoms with Crippen molar-refractivity contribution in [1.29, 1.82) is 0 Å². The average molecular weight is 251 g/mol. The van der Waals surface area contributed by atoms with E-state index in [0.29, 0.717) is 13.2 Å². The third-order valence-electron chi connectivity index (χ3n) is 3.03. The number of nitrogens with one attached hydrogen (secondary N) is 2. The summed E-state index contributed by atoms with van der Waals surface area (Å²) in [5, 5.41) is 6.26. The number of ether oxygens (including phenoxy) is 1. The molecule has 100 valence electrons. The highest BCUT2D eigenvalue weighted by Gasteiger charge is 2.15. The molecule has 2 N–H and O–H groups in total. The summed E-state index contributed by atoms with van der Waals surface area (Å²) in [6, 6.07) is 3.99. The van der Waals surface area contributed by atoms with Gasteiger partial charge in [0.1, 0.15) is 5.69 Å². The molecule has 0 spiro atoms. The molecule has 1 aromatic heterocycles. The van der Waals surface area contributed by atoms with Crippen molar-refractivity contribution in [2.45, 2.75) is 25.9 Å². The fourth-order valence-electron chi connectivity index (χ4n) is 2.11. The van der Waals surface area contributed by atoms with E-state index in [9.17, 15) is 4.79 Å². The highest BCUT2D eigenvalue weighted by Crippen LogP contribution is 2.03. The molecule has 1 atom stereocenters. The van der Waals surface area contributed by atoms with Crippen molar-refractivity contribution in [3.63, 3.8) is 0 Å². The van der Waals surface area contributed by atoms with Crippen molar-refractivity contribution < 1.29 is 9.53 Å². The fraction of sp³-hybridized carbons (Fsp3) is 0.615. The fourth-order valence-corrected chi connectivity index (χ4v) is 2.11. The molecule has 5 nitrogen and oxygen atoms in total. The van der Waals surface area contributed by atoms with Gasteiger partial charge in [-0.3, -0.25) is 4.79 Å². The maximum atomic E-state index is 12.0. The predicted molar refractivity (Wildman–Crippen MR) is 69.7 cm³/mol. The summed E-state index contributed by atoms with van der Waals surface area (Å²) in [6.07, 6.45) is 2.97. The van der Waals surface area contributed by atoms with Crippen LogP contribution in [-0.4, -0.2) is 42.8 Å². The van der Waals surface area contributed by atoms with Crippen molar-refractivity contribution in [2.75, 3.05) is 26.3 Å². The third-order valence-corrected chi connectivity index (χ3v) is 3.03. The maximum absolute atomic E-state index is 12.0. The standard InChI is InChI=1S/C13H21N3O2/c1-2-6-16-7-3-4-12(16)13(17)15-9-11-10-18-8-5-14-11/h3-4,7,11,14H,2,5-6,8-10H2,1H3,(H,15,17). The van der Waals surface area contributed by atoms with Gasteiger partial charge in [-0.2, -0.15) is 0 Å². The average Bonchev–Trinajstić information content (AvgIpc) is 2.86. The van der Waals surface area contributed by atoms with Gasteiger partial charge in [0.2, 0.25) is 0 Å². The van der Waals surface area contributed by atoms with Crippen molar-refractivity contribution in [2.24, 2.45) is 0 Å². The van der Waals surface area contributed by atoms with Crippen LogP contribution in [0.4, 0.5) is 0 Å². The molecular formula is C13H21N3O2. The topological polar surface area (TPSA) is 55.3 Å². The summed E-state index contributed by atoms with van der Waals surface area (Å²) in [5.41, 5.74) is 0.730. The van der Waals surface area contributed by atoms with Crippen molar-refractivity contribution >= 4 is 5.91 Å². The third kappa shape index (κ3) is 3.34. The monoisotopic (exact) mass is 251 g/mol. The van der Waals surface area contributed by atoms with E-state index in [-0.39, 0.29) is 11.9 Å². The Morgan fingerprint density at radius 1 is 1.67 bits per heavy atom. The van der Waals surface area contributed by atoms with Gasteiger partial charge < -0.3 is 19.9 Å². The van der Waals surface area contributed by atoms with E-state index < -0.39 is 0 Å². The molecule has 0 saturated carbocycles. The van der Waals surface area contributed by atoms with Crippen LogP contribution in [0.3, 0.4) is 0 Å². The highest BCUT2D eigenvalue weighted by atomic mass is 16.5. The summed E-state index contributed by atoms with van der Waals surface area (Å²) < 4.78 is 7.33. The molecule has 1 aliphatic rings. The number of hydrogen-bond acceptors (Lipinski definition) is 3. The number of rotatable bonds is 5. The molecule has 1 saturated heterocycles. The second-order valence-electron chi connectivity index (χ2n) is 4.52. The second kappa shape index (κ2) is 6.56. The largest absolute Gasteiger partial charge is 0.378 e. The number of hydrogen-bond donors (Lipinski definition) is 2. The Morgan fingerprint density at radius 2 is 2.56 bits per heavy atom. The highest BCUT2D eigenvalue weighted by molar-refractivity contribution is 5.92. The SMILES string of the molecule is CCCn1cccc1C(=O)NCC1COCCN1. The molecule has 0 aromatic carbocycles. The van der Waals surface area contributed by atoms with E-state index in [1.54, 1.807) is 0 Å². The molecule has 1 aromatic rings. The van der Waals surface area contributed by atoms with E-state index in [4.69, 9.17) is 4.74 Å². The van der Waals surface area contributed by atoms with Crippen molar-refractivity contribution in [3.05, 3.63) is 24.0 Å². The van der Waals surface area contributed by atoms with Gasteiger partial charge >= 0.3 is 0 Å². The summed E-state index contributed by atoms with van der Waals surface area (Å²) >= 11 is 0. The maximum Gasteiger partial charge on any atom is 0.267 e. The van der Waals surface area contributed by atoms with Gasteiger partial charge in [-0.15, -0.1) is 0 Å². The molecular weight excluding hydrogens is 230 g/mol. The molecule has 1 fully saturated rings. The molecule has 1 unspecified atom stereocenters. The van der Waals surface area contributed by atoms with Crippen LogP contribution >= 0.6 is 0 Å². The summed E-state index contributed by atoms with van der Waals surface area (Å²) in [5.74, 6) is -0.0131. The van der Waals surface area contributed by atoms with Crippen LogP contribution in [0.5, 0.6) is 0 Å². The van der Waals surface area contributed by atoms with E-state index in [1.165, 1.54) is 0 Å². The predicted octanol–water partition coefficient (Wildman–Crippen LogP) is 0.616. The van der Waals surface area contributed by atoms with Crippen LogP contribution in [-0.2, 0) is 11.3 Å². The lowest BCUT2D eigenvalue weighted by Gasteiger charge is -2.24. The summed E-state index contributed by atoms with van der Waals surface area (Å²) in [4.78, 5) is 12.0. The first-order chi connectivity index (χ1) is 8.81. The van der Waals surface area contributed by atoms with Crippen LogP contribution in [0.25, 0.3) is 0 Å². The summed E-state index contributed by atoms with van der Waals surface area (Å²) in [6.45, 7) is 5.86. The molecule has 18 heavy (non-hydrogen) atoms. The van der Waals surface area contributed by atoms with E-state index >= 15 is 0 Å². The lowest BCUT2D eigenvalue weighted by atomic mass is 10.2.